The standard InChI is InChI=1S/C12H10ClIN2O3/c1-2-7-10(17)15-12(19)16(11(7)18)9-4-3-6(14)5-8(9)13/h3-5,18H,2H2,1H3,(H,15,17,19). The molecule has 0 fully saturated rings. The Morgan fingerprint density at radius 2 is 2.11 bits per heavy atom. The first-order valence-electron chi connectivity index (χ1n) is 5.48. The summed E-state index contributed by atoms with van der Waals surface area (Å²) in [5.74, 6) is -0.376. The van der Waals surface area contributed by atoms with Crippen LogP contribution in [0.4, 0.5) is 0 Å². The van der Waals surface area contributed by atoms with E-state index in [1.807, 2.05) is 0 Å². The van der Waals surface area contributed by atoms with E-state index < -0.39 is 11.2 Å². The minimum atomic E-state index is -0.720. The maximum Gasteiger partial charge on any atom is 0.335 e. The first-order valence-corrected chi connectivity index (χ1v) is 6.94. The zero-order chi connectivity index (χ0) is 14.2. The average molecular weight is 393 g/mol. The van der Waals surface area contributed by atoms with Gasteiger partial charge in [-0.2, -0.15) is 0 Å². The van der Waals surface area contributed by atoms with Crippen LogP contribution >= 0.6 is 34.2 Å². The van der Waals surface area contributed by atoms with Crippen molar-refractivity contribution in [1.29, 1.82) is 0 Å². The van der Waals surface area contributed by atoms with Gasteiger partial charge in [-0.05, 0) is 47.2 Å². The number of halogens is 2. The van der Waals surface area contributed by atoms with Crippen molar-refractivity contribution in [1.82, 2.24) is 9.55 Å². The zero-order valence-electron chi connectivity index (χ0n) is 9.91. The maximum absolute atomic E-state index is 11.9. The monoisotopic (exact) mass is 392 g/mol. The number of H-pyrrole nitrogens is 1. The van der Waals surface area contributed by atoms with Crippen LogP contribution in [0.1, 0.15) is 12.5 Å². The number of aromatic nitrogens is 2. The molecule has 0 atom stereocenters. The molecule has 0 bridgehead atoms. The van der Waals surface area contributed by atoms with E-state index in [0.29, 0.717) is 17.1 Å². The average Bonchev–Trinajstić information content (AvgIpc) is 2.31. The lowest BCUT2D eigenvalue weighted by atomic mass is 10.2. The summed E-state index contributed by atoms with van der Waals surface area (Å²) in [6.45, 7) is 1.72. The van der Waals surface area contributed by atoms with Crippen molar-refractivity contribution in [3.63, 3.8) is 0 Å². The second-order valence-electron chi connectivity index (χ2n) is 3.85. The van der Waals surface area contributed by atoms with Gasteiger partial charge in [0.2, 0.25) is 5.88 Å². The highest BCUT2D eigenvalue weighted by molar-refractivity contribution is 14.1. The van der Waals surface area contributed by atoms with Gasteiger partial charge in [-0.1, -0.05) is 18.5 Å². The van der Waals surface area contributed by atoms with Gasteiger partial charge < -0.3 is 5.11 Å². The molecule has 1 aromatic heterocycles. The van der Waals surface area contributed by atoms with Crippen LogP contribution in [0.5, 0.6) is 5.88 Å². The Morgan fingerprint density at radius 1 is 1.42 bits per heavy atom. The second-order valence-corrected chi connectivity index (χ2v) is 5.50. The summed E-state index contributed by atoms with van der Waals surface area (Å²) in [5.41, 5.74) is -0.824. The summed E-state index contributed by atoms with van der Waals surface area (Å²) in [5, 5.41) is 10.4. The molecular formula is C12H10ClIN2O3. The molecular weight excluding hydrogens is 383 g/mol. The summed E-state index contributed by atoms with van der Waals surface area (Å²) in [7, 11) is 0. The number of benzene rings is 1. The Labute approximate surface area is 127 Å². The highest BCUT2D eigenvalue weighted by Gasteiger charge is 2.15. The quantitative estimate of drug-likeness (QED) is 0.768. The number of nitrogens with one attached hydrogen (secondary N) is 1. The van der Waals surface area contributed by atoms with E-state index in [2.05, 4.69) is 27.6 Å². The number of hydrogen-bond donors (Lipinski definition) is 2. The van der Waals surface area contributed by atoms with E-state index in [-0.39, 0.29) is 11.4 Å². The van der Waals surface area contributed by atoms with Crippen molar-refractivity contribution in [2.45, 2.75) is 13.3 Å². The molecule has 0 amide bonds. The van der Waals surface area contributed by atoms with E-state index in [1.165, 1.54) is 0 Å². The van der Waals surface area contributed by atoms with Crippen molar-refractivity contribution < 1.29 is 5.11 Å². The minimum Gasteiger partial charge on any atom is -0.494 e. The van der Waals surface area contributed by atoms with Crippen LogP contribution in [0, 0.1) is 3.57 Å². The molecule has 100 valence electrons. The molecule has 0 saturated carbocycles. The van der Waals surface area contributed by atoms with Crippen LogP contribution in [-0.2, 0) is 6.42 Å². The molecule has 0 saturated heterocycles. The van der Waals surface area contributed by atoms with Gasteiger partial charge in [0.15, 0.2) is 0 Å². The van der Waals surface area contributed by atoms with Crippen LogP contribution in [0.25, 0.3) is 5.69 Å². The molecule has 1 heterocycles. The topological polar surface area (TPSA) is 75.1 Å². The van der Waals surface area contributed by atoms with E-state index >= 15 is 0 Å². The first-order chi connectivity index (χ1) is 8.95. The van der Waals surface area contributed by atoms with Gasteiger partial charge in [0, 0.05) is 3.57 Å². The van der Waals surface area contributed by atoms with Crippen LogP contribution in [0.2, 0.25) is 5.02 Å². The van der Waals surface area contributed by atoms with Gasteiger partial charge in [0.1, 0.15) is 0 Å². The molecule has 0 radical (unpaired) electrons. The van der Waals surface area contributed by atoms with Crippen molar-refractivity contribution in [2.75, 3.05) is 0 Å². The summed E-state index contributed by atoms with van der Waals surface area (Å²) < 4.78 is 1.90. The van der Waals surface area contributed by atoms with E-state index in [0.717, 1.165) is 8.14 Å². The lowest BCUT2D eigenvalue weighted by molar-refractivity contribution is 0.423. The lowest BCUT2D eigenvalue weighted by Gasteiger charge is -2.12. The van der Waals surface area contributed by atoms with Gasteiger partial charge in [-0.15, -0.1) is 0 Å². The Hall–Kier alpha value is -1.28. The van der Waals surface area contributed by atoms with Gasteiger partial charge in [0.05, 0.1) is 16.3 Å². The summed E-state index contributed by atoms with van der Waals surface area (Å²) in [6.07, 6.45) is 0.309. The molecule has 19 heavy (non-hydrogen) atoms. The van der Waals surface area contributed by atoms with Gasteiger partial charge in [0.25, 0.3) is 5.56 Å². The Balaban J connectivity index is 2.83. The fraction of sp³-hybridized carbons (Fsp3) is 0.167. The Bertz CT molecular complexity index is 752. The molecule has 0 spiro atoms. The van der Waals surface area contributed by atoms with Crippen LogP contribution < -0.4 is 11.2 Å². The zero-order valence-corrected chi connectivity index (χ0v) is 12.8. The predicted molar refractivity (Wildman–Crippen MR) is 81.4 cm³/mol. The third-order valence-electron chi connectivity index (χ3n) is 2.68. The highest BCUT2D eigenvalue weighted by Crippen LogP contribution is 2.25. The number of aromatic hydroxyl groups is 1. The lowest BCUT2D eigenvalue weighted by Crippen LogP contribution is -2.31. The normalized spacial score (nSPS) is 10.7. The van der Waals surface area contributed by atoms with Crippen molar-refractivity contribution in [3.8, 4) is 11.6 Å². The van der Waals surface area contributed by atoms with E-state index in [9.17, 15) is 14.7 Å². The molecule has 2 N–H and O–H groups in total. The fourth-order valence-electron chi connectivity index (χ4n) is 1.77. The van der Waals surface area contributed by atoms with Crippen LogP contribution in [0.15, 0.2) is 27.8 Å². The summed E-state index contributed by atoms with van der Waals surface area (Å²) in [4.78, 5) is 25.6. The third kappa shape index (κ3) is 2.55. The van der Waals surface area contributed by atoms with Crippen LogP contribution in [0.3, 0.4) is 0 Å². The third-order valence-corrected chi connectivity index (χ3v) is 3.66. The van der Waals surface area contributed by atoms with E-state index in [4.69, 9.17) is 11.6 Å². The van der Waals surface area contributed by atoms with Gasteiger partial charge in [-0.3, -0.25) is 9.78 Å². The van der Waals surface area contributed by atoms with Crippen molar-refractivity contribution in [2.24, 2.45) is 0 Å². The predicted octanol–water partition coefficient (Wildman–Crippen LogP) is 2.05. The van der Waals surface area contributed by atoms with Gasteiger partial charge >= 0.3 is 5.69 Å². The van der Waals surface area contributed by atoms with Gasteiger partial charge in [-0.25, -0.2) is 9.36 Å². The molecule has 1 aromatic carbocycles. The van der Waals surface area contributed by atoms with Crippen LogP contribution in [-0.4, -0.2) is 14.7 Å². The molecule has 0 aliphatic heterocycles. The molecule has 0 unspecified atom stereocenters. The highest BCUT2D eigenvalue weighted by atomic mass is 127. The van der Waals surface area contributed by atoms with Crippen molar-refractivity contribution in [3.05, 3.63) is 53.2 Å². The number of rotatable bonds is 2. The largest absolute Gasteiger partial charge is 0.494 e. The Kier molecular flexibility index (Phi) is 4.00. The fourth-order valence-corrected chi connectivity index (χ4v) is 2.71. The first kappa shape index (κ1) is 14.1. The summed E-state index contributed by atoms with van der Waals surface area (Å²) >= 11 is 8.16. The molecule has 0 aliphatic rings. The molecule has 2 aromatic rings. The second kappa shape index (κ2) is 5.38. The number of hydrogen-bond acceptors (Lipinski definition) is 3. The maximum atomic E-state index is 11.9. The molecule has 7 heteroatoms. The number of nitrogens with zero attached hydrogens (tertiary/aromatic N) is 1. The molecule has 0 aliphatic carbocycles. The smallest absolute Gasteiger partial charge is 0.335 e. The molecule has 2 rings (SSSR count). The summed E-state index contributed by atoms with van der Waals surface area (Å²) in [6, 6.07) is 5.04. The minimum absolute atomic E-state index is 0.147. The van der Waals surface area contributed by atoms with E-state index in [1.54, 1.807) is 25.1 Å². The molecule has 5 nitrogen and oxygen atoms in total. The van der Waals surface area contributed by atoms with Crippen molar-refractivity contribution >= 4 is 34.2 Å². The Morgan fingerprint density at radius 3 is 2.68 bits per heavy atom. The number of aromatic amines is 1. The SMILES string of the molecule is CCc1c(O)n(-c2ccc(I)cc2Cl)c(=O)[nH]c1=O.